The van der Waals surface area contributed by atoms with Gasteiger partial charge in [-0.1, -0.05) is 11.6 Å². The van der Waals surface area contributed by atoms with Gasteiger partial charge in [0.05, 0.1) is 23.1 Å². The van der Waals surface area contributed by atoms with Crippen molar-refractivity contribution in [3.05, 3.63) is 52.8 Å². The molecule has 0 spiro atoms. The summed E-state index contributed by atoms with van der Waals surface area (Å²) in [6.07, 6.45) is -3.07. The van der Waals surface area contributed by atoms with Crippen LogP contribution in [0.1, 0.15) is 16.1 Å². The highest BCUT2D eigenvalue weighted by Crippen LogP contribution is 2.36. The number of amides is 1. The first-order chi connectivity index (χ1) is 12.7. The topological polar surface area (TPSA) is 48.5 Å². The van der Waals surface area contributed by atoms with E-state index in [1.165, 1.54) is 12.1 Å². The Morgan fingerprint density at radius 2 is 1.85 bits per heavy atom. The number of hydrogen-bond acceptors (Lipinski definition) is 4. The highest BCUT2D eigenvalue weighted by molar-refractivity contribution is 6.30. The molecule has 1 amide bonds. The number of nitrogens with one attached hydrogen (secondary N) is 1. The molecule has 1 N–H and O–H groups in total. The number of nitrogens with zero attached hydrogens (tertiary/aromatic N) is 3. The monoisotopic (exact) mass is 398 g/mol. The zero-order valence-electron chi connectivity index (χ0n) is 14.6. The summed E-state index contributed by atoms with van der Waals surface area (Å²) in [6.45, 7) is 3.56. The maximum Gasteiger partial charge on any atom is 0.418 e. The first-order valence-corrected chi connectivity index (χ1v) is 8.69. The Labute approximate surface area is 159 Å². The number of hydrogen-bond donors (Lipinski definition) is 1. The van der Waals surface area contributed by atoms with Gasteiger partial charge in [0, 0.05) is 31.2 Å². The van der Waals surface area contributed by atoms with Gasteiger partial charge in [0.25, 0.3) is 5.91 Å². The second-order valence-corrected chi connectivity index (χ2v) is 6.77. The predicted molar refractivity (Wildman–Crippen MR) is 98.4 cm³/mol. The van der Waals surface area contributed by atoms with E-state index in [1.807, 2.05) is 0 Å². The van der Waals surface area contributed by atoms with Gasteiger partial charge in [0.15, 0.2) is 0 Å². The second kappa shape index (κ2) is 7.74. The van der Waals surface area contributed by atoms with Crippen molar-refractivity contribution in [3.63, 3.8) is 0 Å². The summed E-state index contributed by atoms with van der Waals surface area (Å²) < 4.78 is 39.4. The van der Waals surface area contributed by atoms with Crippen molar-refractivity contribution in [2.24, 2.45) is 0 Å². The van der Waals surface area contributed by atoms with E-state index in [0.717, 1.165) is 44.0 Å². The van der Waals surface area contributed by atoms with Crippen LogP contribution in [0, 0.1) is 0 Å². The molecule has 27 heavy (non-hydrogen) atoms. The number of alkyl halides is 3. The summed E-state index contributed by atoms with van der Waals surface area (Å²) in [7, 11) is 2.05. The van der Waals surface area contributed by atoms with E-state index in [-0.39, 0.29) is 16.4 Å². The first kappa shape index (κ1) is 19.4. The van der Waals surface area contributed by atoms with Crippen molar-refractivity contribution in [2.45, 2.75) is 6.18 Å². The summed E-state index contributed by atoms with van der Waals surface area (Å²) in [5.74, 6) is -0.715. The molecular weight excluding hydrogens is 381 g/mol. The summed E-state index contributed by atoms with van der Waals surface area (Å²) in [5, 5.41) is 2.20. The molecule has 144 valence electrons. The van der Waals surface area contributed by atoms with Crippen molar-refractivity contribution in [3.8, 4) is 0 Å². The molecule has 2 heterocycles. The first-order valence-electron chi connectivity index (χ1n) is 8.31. The van der Waals surface area contributed by atoms with Gasteiger partial charge in [-0.2, -0.15) is 13.2 Å². The molecule has 0 aliphatic carbocycles. The predicted octanol–water partition coefficient (Wildman–Crippen LogP) is 3.76. The number of rotatable bonds is 3. The van der Waals surface area contributed by atoms with Gasteiger partial charge in [0.1, 0.15) is 5.69 Å². The minimum Gasteiger partial charge on any atom is -0.368 e. The van der Waals surface area contributed by atoms with E-state index in [2.05, 4.69) is 27.1 Å². The third kappa shape index (κ3) is 4.70. The van der Waals surface area contributed by atoms with Gasteiger partial charge in [-0.05, 0) is 37.4 Å². The number of likely N-dealkylation sites (N-methyl/N-ethyl adjacent to an activating group) is 1. The molecule has 0 radical (unpaired) electrons. The van der Waals surface area contributed by atoms with Gasteiger partial charge in [-0.3, -0.25) is 4.79 Å². The molecule has 3 rings (SSSR count). The Balaban J connectivity index is 1.74. The van der Waals surface area contributed by atoms with Gasteiger partial charge >= 0.3 is 6.18 Å². The smallest absolute Gasteiger partial charge is 0.368 e. The average Bonchev–Trinajstić information content (AvgIpc) is 2.63. The molecule has 5 nitrogen and oxygen atoms in total. The number of carbonyl (C=O) groups excluding carboxylic acids is 1. The molecule has 0 atom stereocenters. The molecule has 0 unspecified atom stereocenters. The van der Waals surface area contributed by atoms with Crippen LogP contribution in [0.2, 0.25) is 5.02 Å². The molecule has 1 aliphatic rings. The molecule has 2 aromatic rings. The number of carbonyl (C=O) groups is 1. The summed E-state index contributed by atoms with van der Waals surface area (Å²) in [6, 6.07) is 6.45. The maximum absolute atomic E-state index is 13.1. The fourth-order valence-corrected chi connectivity index (χ4v) is 2.99. The highest BCUT2D eigenvalue weighted by Gasteiger charge is 2.34. The van der Waals surface area contributed by atoms with Crippen LogP contribution in [0.15, 0.2) is 36.5 Å². The third-order valence-electron chi connectivity index (χ3n) is 4.38. The van der Waals surface area contributed by atoms with Crippen LogP contribution >= 0.6 is 11.6 Å². The lowest BCUT2D eigenvalue weighted by atomic mass is 10.1. The Bertz CT molecular complexity index is 818. The molecule has 1 aromatic carbocycles. The normalized spacial score (nSPS) is 15.7. The van der Waals surface area contributed by atoms with Crippen molar-refractivity contribution < 1.29 is 18.0 Å². The number of pyridine rings is 1. The number of halogens is 4. The molecule has 1 saturated heterocycles. The molecule has 1 aromatic heterocycles. The van der Waals surface area contributed by atoms with E-state index in [9.17, 15) is 18.0 Å². The summed E-state index contributed by atoms with van der Waals surface area (Å²) in [4.78, 5) is 20.8. The zero-order valence-corrected chi connectivity index (χ0v) is 15.3. The largest absolute Gasteiger partial charge is 0.418 e. The van der Waals surface area contributed by atoms with Crippen LogP contribution in [0.5, 0.6) is 0 Å². The maximum atomic E-state index is 13.1. The van der Waals surface area contributed by atoms with Crippen LogP contribution in [0.4, 0.5) is 24.5 Å². The Hall–Kier alpha value is -2.32. The zero-order chi connectivity index (χ0) is 19.6. The minimum atomic E-state index is -4.63. The number of piperazine rings is 1. The average molecular weight is 399 g/mol. The van der Waals surface area contributed by atoms with Gasteiger partial charge < -0.3 is 15.1 Å². The molecule has 1 fully saturated rings. The van der Waals surface area contributed by atoms with Crippen LogP contribution in [-0.4, -0.2) is 49.0 Å². The van der Waals surface area contributed by atoms with E-state index in [4.69, 9.17) is 11.6 Å². The van der Waals surface area contributed by atoms with E-state index < -0.39 is 17.6 Å². The lowest BCUT2D eigenvalue weighted by molar-refractivity contribution is -0.136. The van der Waals surface area contributed by atoms with E-state index >= 15 is 0 Å². The van der Waals surface area contributed by atoms with E-state index in [1.54, 1.807) is 12.3 Å². The van der Waals surface area contributed by atoms with Crippen molar-refractivity contribution in [1.29, 1.82) is 0 Å². The quantitative estimate of drug-likeness (QED) is 0.855. The van der Waals surface area contributed by atoms with Crippen molar-refractivity contribution >= 4 is 28.9 Å². The standard InChI is InChI=1S/C18H18ClF3N4O/c1-25-6-8-26(9-7-25)13-3-5-16(23-11-13)17(27)24-15-4-2-12(19)10-14(15)18(20,21)22/h2-5,10-11H,6-9H2,1H3,(H,24,27). The van der Waals surface area contributed by atoms with E-state index in [0.29, 0.717) is 0 Å². The highest BCUT2D eigenvalue weighted by atomic mass is 35.5. The molecule has 1 aliphatic heterocycles. The Morgan fingerprint density at radius 1 is 1.15 bits per heavy atom. The SMILES string of the molecule is CN1CCN(c2ccc(C(=O)Nc3ccc(Cl)cc3C(F)(F)F)nc2)CC1. The fraction of sp³-hybridized carbons (Fsp3) is 0.333. The van der Waals surface area contributed by atoms with Crippen LogP contribution in [-0.2, 0) is 6.18 Å². The second-order valence-electron chi connectivity index (χ2n) is 6.33. The molecule has 9 heteroatoms. The number of benzene rings is 1. The van der Waals surface area contributed by atoms with Crippen LogP contribution in [0.25, 0.3) is 0 Å². The Morgan fingerprint density at radius 3 is 2.44 bits per heavy atom. The summed E-state index contributed by atoms with van der Waals surface area (Å²) in [5.41, 5.74) is -0.447. The number of anilines is 2. The van der Waals surface area contributed by atoms with Gasteiger partial charge in [-0.25, -0.2) is 4.98 Å². The summed E-state index contributed by atoms with van der Waals surface area (Å²) >= 11 is 5.64. The lowest BCUT2D eigenvalue weighted by Crippen LogP contribution is -2.44. The Kier molecular flexibility index (Phi) is 5.57. The van der Waals surface area contributed by atoms with Crippen LogP contribution < -0.4 is 10.2 Å². The van der Waals surface area contributed by atoms with Crippen molar-refractivity contribution in [2.75, 3.05) is 43.4 Å². The van der Waals surface area contributed by atoms with Crippen LogP contribution in [0.3, 0.4) is 0 Å². The molecule has 0 saturated carbocycles. The third-order valence-corrected chi connectivity index (χ3v) is 4.62. The fourth-order valence-electron chi connectivity index (χ4n) is 2.82. The number of aromatic nitrogens is 1. The van der Waals surface area contributed by atoms with Gasteiger partial charge in [0.2, 0.25) is 0 Å². The minimum absolute atomic E-state index is 0.0379. The van der Waals surface area contributed by atoms with Crippen molar-refractivity contribution in [1.82, 2.24) is 9.88 Å². The van der Waals surface area contributed by atoms with Gasteiger partial charge in [-0.15, -0.1) is 0 Å². The molecule has 0 bridgehead atoms. The lowest BCUT2D eigenvalue weighted by Gasteiger charge is -2.33. The molecular formula is C18H18ClF3N4O.